The van der Waals surface area contributed by atoms with Crippen LogP contribution >= 0.6 is 11.9 Å². The molecule has 114 valence electrons. The minimum absolute atomic E-state index is 0.602. The molecule has 0 amide bonds. The van der Waals surface area contributed by atoms with Gasteiger partial charge in [0.25, 0.3) is 0 Å². The highest BCUT2D eigenvalue weighted by atomic mass is 35.5. The van der Waals surface area contributed by atoms with Crippen molar-refractivity contribution in [3.05, 3.63) is 54.7 Å². The number of ether oxygens (including phenoxy) is 1. The minimum atomic E-state index is 0.602. The maximum Gasteiger partial charge on any atom is 0.147 e. The molecule has 23 heavy (non-hydrogen) atoms. The van der Waals surface area contributed by atoms with Gasteiger partial charge in [-0.25, -0.2) is 4.98 Å². The largest absolute Gasteiger partial charge is 0.497 e. The molecule has 4 rings (SSSR count). The number of fused-ring (bicyclic) bond motifs is 2. The summed E-state index contributed by atoms with van der Waals surface area (Å²) in [4.78, 5) is 7.99. The van der Waals surface area contributed by atoms with E-state index in [1.807, 2.05) is 54.7 Å². The summed E-state index contributed by atoms with van der Waals surface area (Å²) in [6.07, 6.45) is 1.94. The van der Waals surface area contributed by atoms with Gasteiger partial charge in [-0.15, -0.1) is 0 Å². The lowest BCUT2D eigenvalue weighted by Gasteiger charge is -2.05. The molecule has 2 heterocycles. The van der Waals surface area contributed by atoms with Crippen molar-refractivity contribution < 1.29 is 9.03 Å². The van der Waals surface area contributed by atoms with Crippen LogP contribution in [0.25, 0.3) is 33.1 Å². The Morgan fingerprint density at radius 3 is 2.70 bits per heavy atom. The molecule has 2 aromatic carbocycles. The zero-order chi connectivity index (χ0) is 15.8. The second-order valence-electron chi connectivity index (χ2n) is 5.24. The normalized spacial score (nSPS) is 11.0. The van der Waals surface area contributed by atoms with Gasteiger partial charge in [0.1, 0.15) is 23.4 Å². The van der Waals surface area contributed by atoms with Gasteiger partial charge in [0.05, 0.1) is 18.3 Å². The van der Waals surface area contributed by atoms with Crippen molar-refractivity contribution in [2.24, 2.45) is 0 Å². The Bertz CT molecular complexity index is 1010. The van der Waals surface area contributed by atoms with Crippen molar-refractivity contribution in [1.82, 2.24) is 9.97 Å². The number of aromatic amines is 1. The van der Waals surface area contributed by atoms with Crippen LogP contribution in [0, 0.1) is 0 Å². The number of pyridine rings is 1. The zero-order valence-corrected chi connectivity index (χ0v) is 13.1. The van der Waals surface area contributed by atoms with Crippen LogP contribution in [-0.2, 0) is 0 Å². The molecule has 5 heteroatoms. The lowest BCUT2D eigenvalue weighted by atomic mass is 10.1. The number of hydrogen-bond donors (Lipinski definition) is 1. The topological polar surface area (TPSA) is 47.1 Å². The van der Waals surface area contributed by atoms with Gasteiger partial charge in [-0.3, -0.25) is 0 Å². The molecular formula is C18H13ClN2O2. The molecular weight excluding hydrogens is 312 g/mol. The molecule has 0 aliphatic heterocycles. The smallest absolute Gasteiger partial charge is 0.147 e. The third-order valence-electron chi connectivity index (χ3n) is 3.91. The van der Waals surface area contributed by atoms with Gasteiger partial charge in [-0.1, -0.05) is 6.07 Å². The van der Waals surface area contributed by atoms with E-state index in [9.17, 15) is 0 Å². The van der Waals surface area contributed by atoms with Crippen LogP contribution in [-0.4, -0.2) is 17.1 Å². The number of nitrogens with zero attached hydrogens (tertiary/aromatic N) is 1. The van der Waals surface area contributed by atoms with Crippen molar-refractivity contribution in [3.63, 3.8) is 0 Å². The van der Waals surface area contributed by atoms with E-state index in [0.717, 1.165) is 38.8 Å². The molecule has 2 aromatic heterocycles. The summed E-state index contributed by atoms with van der Waals surface area (Å²) in [7, 11) is 1.66. The number of benzene rings is 2. The van der Waals surface area contributed by atoms with Crippen molar-refractivity contribution >= 4 is 33.7 Å². The zero-order valence-electron chi connectivity index (χ0n) is 12.3. The van der Waals surface area contributed by atoms with Gasteiger partial charge < -0.3 is 14.0 Å². The Morgan fingerprint density at radius 1 is 1.00 bits per heavy atom. The number of aromatic nitrogens is 2. The van der Waals surface area contributed by atoms with Crippen LogP contribution in [0.1, 0.15) is 0 Å². The van der Waals surface area contributed by atoms with Crippen molar-refractivity contribution in [3.8, 4) is 22.8 Å². The van der Waals surface area contributed by atoms with E-state index in [1.165, 1.54) is 0 Å². The highest BCUT2D eigenvalue weighted by Gasteiger charge is 2.10. The fraction of sp³-hybridized carbons (Fsp3) is 0.0556. The second kappa shape index (κ2) is 5.48. The summed E-state index contributed by atoms with van der Waals surface area (Å²) in [5, 5.41) is 2.06. The van der Waals surface area contributed by atoms with Crippen molar-refractivity contribution in [2.45, 2.75) is 0 Å². The Kier molecular flexibility index (Phi) is 3.32. The summed E-state index contributed by atoms with van der Waals surface area (Å²) in [6.45, 7) is 0. The van der Waals surface area contributed by atoms with Gasteiger partial charge in [0, 0.05) is 28.0 Å². The summed E-state index contributed by atoms with van der Waals surface area (Å²) < 4.78 is 10.1. The molecule has 0 atom stereocenters. The summed E-state index contributed by atoms with van der Waals surface area (Å²) in [6, 6.07) is 15.5. The molecule has 0 radical (unpaired) electrons. The number of rotatable bonds is 3. The molecule has 0 saturated heterocycles. The van der Waals surface area contributed by atoms with E-state index in [2.05, 4.69) is 4.98 Å². The Hall–Kier alpha value is -2.72. The molecule has 4 aromatic rings. The lowest BCUT2D eigenvalue weighted by Crippen LogP contribution is -1.87. The van der Waals surface area contributed by atoms with Gasteiger partial charge in [-0.2, -0.15) is 0 Å². The minimum Gasteiger partial charge on any atom is -0.497 e. The molecule has 1 N–H and O–H groups in total. The predicted octanol–water partition coefficient (Wildman–Crippen LogP) is 4.92. The first-order chi connectivity index (χ1) is 11.3. The van der Waals surface area contributed by atoms with E-state index in [-0.39, 0.29) is 0 Å². The SMILES string of the molecule is COc1ccc2nc(-c3c[nH]c4ccc(OCl)cc34)ccc2c1. The molecule has 0 aliphatic carbocycles. The first-order valence-electron chi connectivity index (χ1n) is 7.13. The van der Waals surface area contributed by atoms with Crippen LogP contribution in [0.2, 0.25) is 0 Å². The predicted molar refractivity (Wildman–Crippen MR) is 92.1 cm³/mol. The van der Waals surface area contributed by atoms with E-state index < -0.39 is 0 Å². The molecule has 0 unspecified atom stereocenters. The number of methoxy groups -OCH3 is 1. The number of halogens is 1. The first-order valence-corrected chi connectivity index (χ1v) is 7.44. The molecule has 0 saturated carbocycles. The highest BCUT2D eigenvalue weighted by Crippen LogP contribution is 2.32. The van der Waals surface area contributed by atoms with E-state index in [1.54, 1.807) is 7.11 Å². The average molecular weight is 325 g/mol. The third-order valence-corrected chi connectivity index (χ3v) is 4.09. The van der Waals surface area contributed by atoms with Gasteiger partial charge in [-0.05, 0) is 42.5 Å². The Balaban J connectivity index is 1.88. The van der Waals surface area contributed by atoms with E-state index in [4.69, 9.17) is 25.9 Å². The molecule has 4 nitrogen and oxygen atoms in total. The summed E-state index contributed by atoms with van der Waals surface area (Å²) in [5.74, 6) is 1.42. The van der Waals surface area contributed by atoms with Gasteiger partial charge in [0.2, 0.25) is 0 Å². The number of nitrogens with one attached hydrogen (secondary N) is 1. The maximum atomic E-state index is 5.46. The quantitative estimate of drug-likeness (QED) is 0.581. The van der Waals surface area contributed by atoms with Crippen molar-refractivity contribution in [1.29, 1.82) is 0 Å². The third kappa shape index (κ3) is 2.37. The van der Waals surface area contributed by atoms with Gasteiger partial charge in [0.15, 0.2) is 0 Å². The number of hydrogen-bond acceptors (Lipinski definition) is 3. The van der Waals surface area contributed by atoms with Crippen LogP contribution < -0.4 is 9.03 Å². The average Bonchev–Trinajstić information content (AvgIpc) is 3.03. The van der Waals surface area contributed by atoms with Crippen LogP contribution in [0.5, 0.6) is 11.5 Å². The van der Waals surface area contributed by atoms with Crippen LogP contribution in [0.4, 0.5) is 0 Å². The second-order valence-corrected chi connectivity index (χ2v) is 5.40. The van der Waals surface area contributed by atoms with Crippen LogP contribution in [0.15, 0.2) is 54.7 Å². The fourth-order valence-corrected chi connectivity index (χ4v) is 2.84. The summed E-state index contributed by atoms with van der Waals surface area (Å²) in [5.41, 5.74) is 3.82. The van der Waals surface area contributed by atoms with Gasteiger partial charge >= 0.3 is 0 Å². The first kappa shape index (κ1) is 13.9. The Morgan fingerprint density at radius 2 is 1.87 bits per heavy atom. The van der Waals surface area contributed by atoms with E-state index >= 15 is 0 Å². The molecule has 0 spiro atoms. The Labute approximate surface area is 137 Å². The molecule has 0 fully saturated rings. The molecule has 0 bridgehead atoms. The maximum absolute atomic E-state index is 5.46. The van der Waals surface area contributed by atoms with E-state index in [0.29, 0.717) is 5.75 Å². The highest BCUT2D eigenvalue weighted by molar-refractivity contribution is 6.09. The summed E-state index contributed by atoms with van der Waals surface area (Å²) >= 11 is 5.46. The number of H-pyrrole nitrogens is 1. The fourth-order valence-electron chi connectivity index (χ4n) is 2.74. The monoisotopic (exact) mass is 324 g/mol. The lowest BCUT2D eigenvalue weighted by molar-refractivity contribution is 0.415. The van der Waals surface area contributed by atoms with Crippen molar-refractivity contribution in [2.75, 3.05) is 7.11 Å². The van der Waals surface area contributed by atoms with Crippen LogP contribution in [0.3, 0.4) is 0 Å². The molecule has 0 aliphatic rings. The standard InChI is InChI=1S/C18H13ClN2O2/c1-22-12-3-6-16-11(8-12)2-5-18(21-16)15-10-20-17-7-4-13(23-19)9-14(15)17/h2-10,20H,1H3.